The molecular formula is C22H23N5O3S. The Balaban J connectivity index is 1.39. The minimum absolute atomic E-state index is 0.0490. The summed E-state index contributed by atoms with van der Waals surface area (Å²) in [5.41, 5.74) is 1.34. The largest absolute Gasteiger partial charge is 0.495 e. The van der Waals surface area contributed by atoms with Crippen molar-refractivity contribution in [1.82, 2.24) is 15.1 Å². The number of benzene rings is 2. The number of urea groups is 1. The van der Waals surface area contributed by atoms with Gasteiger partial charge >= 0.3 is 6.03 Å². The maximum atomic E-state index is 12.8. The normalized spacial score (nSPS) is 15.9. The molecule has 0 aliphatic carbocycles. The number of rotatable bonds is 5. The molecule has 0 spiro atoms. The van der Waals surface area contributed by atoms with Crippen LogP contribution in [0.4, 0.5) is 16.2 Å². The molecular weight excluding hydrogens is 414 g/mol. The molecule has 1 unspecified atom stereocenters. The summed E-state index contributed by atoms with van der Waals surface area (Å²) in [6, 6.07) is 16.4. The zero-order valence-corrected chi connectivity index (χ0v) is 17.9. The lowest BCUT2D eigenvalue weighted by molar-refractivity contribution is 0.102. The van der Waals surface area contributed by atoms with Gasteiger partial charge in [-0.15, -0.1) is 10.2 Å². The molecule has 1 atom stereocenters. The lowest BCUT2D eigenvalue weighted by Crippen LogP contribution is -2.41. The summed E-state index contributed by atoms with van der Waals surface area (Å²) < 4.78 is 5.30. The minimum atomic E-state index is -0.281. The second-order valence-corrected chi connectivity index (χ2v) is 8.19. The van der Waals surface area contributed by atoms with E-state index in [9.17, 15) is 9.59 Å². The van der Waals surface area contributed by atoms with E-state index in [0.717, 1.165) is 17.8 Å². The van der Waals surface area contributed by atoms with Crippen LogP contribution in [0.1, 0.15) is 33.6 Å². The van der Waals surface area contributed by atoms with Gasteiger partial charge in [0.25, 0.3) is 5.91 Å². The average Bonchev–Trinajstić information content (AvgIpc) is 3.31. The fraction of sp³-hybridized carbons (Fsp3) is 0.273. The Morgan fingerprint density at radius 1 is 1.06 bits per heavy atom. The molecule has 0 saturated carbocycles. The van der Waals surface area contributed by atoms with Gasteiger partial charge in [-0.3, -0.25) is 4.79 Å². The Morgan fingerprint density at radius 3 is 2.65 bits per heavy atom. The second-order valence-electron chi connectivity index (χ2n) is 7.18. The van der Waals surface area contributed by atoms with Crippen molar-refractivity contribution in [2.24, 2.45) is 0 Å². The number of ether oxygens (including phenoxy) is 1. The van der Waals surface area contributed by atoms with Crippen LogP contribution in [0, 0.1) is 0 Å². The van der Waals surface area contributed by atoms with Gasteiger partial charge in [0, 0.05) is 24.7 Å². The fourth-order valence-corrected chi connectivity index (χ4v) is 4.37. The highest BCUT2D eigenvalue weighted by Gasteiger charge is 2.28. The summed E-state index contributed by atoms with van der Waals surface area (Å²) in [6.07, 6.45) is 1.75. The highest BCUT2D eigenvalue weighted by atomic mass is 32.1. The Bertz CT molecular complexity index is 1060. The molecule has 1 aliphatic rings. The number of likely N-dealkylation sites (tertiary alicyclic amines) is 1. The smallest absolute Gasteiger partial charge is 0.321 e. The number of hydrogen-bond donors (Lipinski definition) is 2. The summed E-state index contributed by atoms with van der Waals surface area (Å²) in [7, 11) is 1.57. The predicted octanol–water partition coefficient (Wildman–Crippen LogP) is 4.21. The molecule has 160 valence electrons. The van der Waals surface area contributed by atoms with Gasteiger partial charge in [0.1, 0.15) is 10.8 Å². The van der Waals surface area contributed by atoms with Crippen LogP contribution in [0.2, 0.25) is 0 Å². The molecule has 0 bridgehead atoms. The third-order valence-electron chi connectivity index (χ3n) is 5.07. The Labute approximate surface area is 184 Å². The highest BCUT2D eigenvalue weighted by Crippen LogP contribution is 2.30. The Morgan fingerprint density at radius 2 is 1.84 bits per heavy atom. The zero-order chi connectivity index (χ0) is 21.6. The number of nitrogens with zero attached hydrogens (tertiary/aromatic N) is 3. The standard InChI is InChI=1S/C22H23N5O3S/c1-30-18-12-6-5-11-17(18)24-22(29)27-13-7-8-15(14-27)20-25-26-21(31-20)19(28)23-16-9-3-2-4-10-16/h2-6,9-12,15H,7-8,13-14H2,1H3,(H,23,28)(H,24,29). The first-order valence-electron chi connectivity index (χ1n) is 10.0. The minimum Gasteiger partial charge on any atom is -0.495 e. The number of nitrogens with one attached hydrogen (secondary N) is 2. The van der Waals surface area contributed by atoms with E-state index in [2.05, 4.69) is 20.8 Å². The summed E-state index contributed by atoms with van der Waals surface area (Å²) in [5.74, 6) is 0.382. The number of hydrogen-bond acceptors (Lipinski definition) is 6. The molecule has 8 nitrogen and oxygen atoms in total. The van der Waals surface area contributed by atoms with Gasteiger partial charge in [-0.05, 0) is 37.1 Å². The first-order chi connectivity index (χ1) is 15.1. The van der Waals surface area contributed by atoms with E-state index in [0.29, 0.717) is 35.2 Å². The van der Waals surface area contributed by atoms with Crippen LogP contribution in [0.5, 0.6) is 5.75 Å². The molecule has 1 fully saturated rings. The van der Waals surface area contributed by atoms with E-state index in [-0.39, 0.29) is 17.9 Å². The van der Waals surface area contributed by atoms with Crippen LogP contribution in [-0.2, 0) is 0 Å². The topological polar surface area (TPSA) is 96.4 Å². The van der Waals surface area contributed by atoms with E-state index >= 15 is 0 Å². The molecule has 9 heteroatoms. The van der Waals surface area contributed by atoms with Gasteiger partial charge in [0.2, 0.25) is 5.01 Å². The van der Waals surface area contributed by atoms with Crippen molar-refractivity contribution in [2.45, 2.75) is 18.8 Å². The molecule has 3 aromatic rings. The monoisotopic (exact) mass is 437 g/mol. The van der Waals surface area contributed by atoms with E-state index in [1.807, 2.05) is 42.5 Å². The van der Waals surface area contributed by atoms with Crippen molar-refractivity contribution in [1.29, 1.82) is 0 Å². The van der Waals surface area contributed by atoms with Gasteiger partial charge in [0.05, 0.1) is 12.8 Å². The number of carbonyl (C=O) groups is 2. The highest BCUT2D eigenvalue weighted by molar-refractivity contribution is 7.13. The van der Waals surface area contributed by atoms with Crippen molar-refractivity contribution in [3.8, 4) is 5.75 Å². The molecule has 4 rings (SSSR count). The summed E-state index contributed by atoms with van der Waals surface area (Å²) >= 11 is 1.28. The van der Waals surface area contributed by atoms with Crippen LogP contribution in [0.25, 0.3) is 0 Å². The lowest BCUT2D eigenvalue weighted by Gasteiger charge is -2.31. The molecule has 0 radical (unpaired) electrons. The maximum absolute atomic E-state index is 12.8. The quantitative estimate of drug-likeness (QED) is 0.623. The molecule has 3 amide bonds. The second kappa shape index (κ2) is 9.57. The SMILES string of the molecule is COc1ccccc1NC(=O)N1CCCC(c2nnc(C(=O)Nc3ccccc3)s2)C1. The van der Waals surface area contributed by atoms with Gasteiger partial charge in [-0.2, -0.15) is 0 Å². The Hall–Kier alpha value is -3.46. The number of carbonyl (C=O) groups excluding carboxylic acids is 2. The van der Waals surface area contributed by atoms with E-state index in [4.69, 9.17) is 4.74 Å². The van der Waals surface area contributed by atoms with Gasteiger partial charge < -0.3 is 20.3 Å². The first kappa shape index (κ1) is 20.8. The fourth-order valence-electron chi connectivity index (χ4n) is 3.50. The van der Waals surface area contributed by atoms with Crippen molar-refractivity contribution >= 4 is 34.6 Å². The lowest BCUT2D eigenvalue weighted by atomic mass is 9.99. The van der Waals surface area contributed by atoms with Gasteiger partial charge in [-0.1, -0.05) is 41.7 Å². The molecule has 2 heterocycles. The number of methoxy groups -OCH3 is 1. The van der Waals surface area contributed by atoms with Gasteiger partial charge in [-0.25, -0.2) is 4.79 Å². The van der Waals surface area contributed by atoms with Crippen LogP contribution in [0.3, 0.4) is 0 Å². The number of piperidine rings is 1. The van der Waals surface area contributed by atoms with Crippen LogP contribution < -0.4 is 15.4 Å². The molecule has 31 heavy (non-hydrogen) atoms. The molecule has 1 aromatic heterocycles. The third kappa shape index (κ3) is 5.00. The molecule has 1 aliphatic heterocycles. The maximum Gasteiger partial charge on any atom is 0.321 e. The number of amides is 3. The number of aromatic nitrogens is 2. The van der Waals surface area contributed by atoms with Crippen molar-refractivity contribution < 1.29 is 14.3 Å². The van der Waals surface area contributed by atoms with Crippen molar-refractivity contribution in [3.63, 3.8) is 0 Å². The van der Waals surface area contributed by atoms with E-state index < -0.39 is 0 Å². The summed E-state index contributed by atoms with van der Waals surface area (Å²) in [5, 5.41) is 15.1. The van der Waals surface area contributed by atoms with E-state index in [1.165, 1.54) is 11.3 Å². The van der Waals surface area contributed by atoms with Crippen molar-refractivity contribution in [3.05, 3.63) is 64.6 Å². The molecule has 2 N–H and O–H groups in total. The van der Waals surface area contributed by atoms with Crippen LogP contribution in [-0.4, -0.2) is 47.2 Å². The Kier molecular flexibility index (Phi) is 6.42. The predicted molar refractivity (Wildman–Crippen MR) is 120 cm³/mol. The molecule has 2 aromatic carbocycles. The third-order valence-corrected chi connectivity index (χ3v) is 6.16. The number of anilines is 2. The molecule has 1 saturated heterocycles. The first-order valence-corrected chi connectivity index (χ1v) is 10.8. The van der Waals surface area contributed by atoms with Crippen LogP contribution in [0.15, 0.2) is 54.6 Å². The van der Waals surface area contributed by atoms with Crippen LogP contribution >= 0.6 is 11.3 Å². The van der Waals surface area contributed by atoms with E-state index in [1.54, 1.807) is 24.1 Å². The summed E-state index contributed by atoms with van der Waals surface area (Å²) in [4.78, 5) is 27.0. The van der Waals surface area contributed by atoms with Crippen molar-refractivity contribution in [2.75, 3.05) is 30.8 Å². The average molecular weight is 438 g/mol. The van der Waals surface area contributed by atoms with Gasteiger partial charge in [0.15, 0.2) is 0 Å². The summed E-state index contributed by atoms with van der Waals surface area (Å²) in [6.45, 7) is 1.19. The zero-order valence-electron chi connectivity index (χ0n) is 17.1. The number of para-hydroxylation sites is 3.